The molecule has 10 nitrogen and oxygen atoms in total. The molecule has 1 aromatic carbocycles. The number of benzene rings is 1. The average molecular weight is 505 g/mol. The number of unbranched alkanes of at least 4 members (excludes halogenated alkanes) is 3. The Hall–Kier alpha value is -3.50. The van der Waals surface area contributed by atoms with Gasteiger partial charge in [0, 0.05) is 56.6 Å². The number of pyridine rings is 1. The van der Waals surface area contributed by atoms with Gasteiger partial charge in [0.2, 0.25) is 11.6 Å². The van der Waals surface area contributed by atoms with Crippen molar-refractivity contribution < 1.29 is 9.47 Å². The smallest absolute Gasteiger partial charge is 0.231 e. The molecule has 0 saturated heterocycles. The van der Waals surface area contributed by atoms with E-state index in [1.807, 2.05) is 41.2 Å². The lowest BCUT2D eigenvalue weighted by molar-refractivity contribution is -0.226. The maximum absolute atomic E-state index is 5.83. The Balaban J connectivity index is 1.61. The molecule has 1 N–H and O–H groups in total. The number of aromatic amines is 1. The third-order valence-electron chi connectivity index (χ3n) is 6.58. The molecule has 0 spiro atoms. The van der Waals surface area contributed by atoms with E-state index in [9.17, 15) is 0 Å². The maximum Gasteiger partial charge on any atom is 0.231 e. The number of nitrogens with zero attached hydrogens (tertiary/aromatic N) is 7. The van der Waals surface area contributed by atoms with Gasteiger partial charge in [0.25, 0.3) is 0 Å². The summed E-state index contributed by atoms with van der Waals surface area (Å²) in [5.41, 5.74) is 3.82. The molecule has 3 aromatic heterocycles. The molecule has 10 heteroatoms. The number of H-pyrrole nitrogens is 1. The highest BCUT2D eigenvalue weighted by Crippen LogP contribution is 2.31. The largest absolute Gasteiger partial charge is 0.347 e. The lowest BCUT2D eigenvalue weighted by Gasteiger charge is -2.27. The minimum Gasteiger partial charge on any atom is -0.347 e. The summed E-state index contributed by atoms with van der Waals surface area (Å²) < 4.78 is 13.7. The second-order valence-corrected chi connectivity index (χ2v) is 9.06. The molecule has 4 aromatic rings. The number of hydrogen-bond acceptors (Lipinski definition) is 8. The summed E-state index contributed by atoms with van der Waals surface area (Å²) in [6.45, 7) is 5.14. The molecule has 4 rings (SSSR count). The van der Waals surface area contributed by atoms with Gasteiger partial charge in [-0.1, -0.05) is 63.4 Å². The Morgan fingerprint density at radius 1 is 0.946 bits per heavy atom. The molecule has 0 atom stereocenters. The van der Waals surface area contributed by atoms with Crippen LogP contribution in [0.25, 0.3) is 22.5 Å². The summed E-state index contributed by atoms with van der Waals surface area (Å²) in [7, 11) is 3.31. The molecule has 0 bridgehead atoms. The lowest BCUT2D eigenvalue weighted by Crippen LogP contribution is -2.32. The van der Waals surface area contributed by atoms with Crippen molar-refractivity contribution in [2.24, 2.45) is 0 Å². The zero-order chi connectivity index (χ0) is 26.1. The molecule has 3 heterocycles. The Kier molecular flexibility index (Phi) is 9.08. The van der Waals surface area contributed by atoms with Gasteiger partial charge >= 0.3 is 0 Å². The Bertz CT molecular complexity index is 1230. The maximum atomic E-state index is 5.83. The predicted molar refractivity (Wildman–Crippen MR) is 140 cm³/mol. The highest BCUT2D eigenvalue weighted by molar-refractivity contribution is 5.79. The van der Waals surface area contributed by atoms with E-state index in [0.717, 1.165) is 66.9 Å². The fourth-order valence-electron chi connectivity index (χ4n) is 4.41. The molecule has 0 saturated carbocycles. The average Bonchev–Trinajstić information content (AvgIpc) is 3.62. The van der Waals surface area contributed by atoms with Crippen molar-refractivity contribution in [1.29, 1.82) is 0 Å². The van der Waals surface area contributed by atoms with Crippen LogP contribution in [0.4, 0.5) is 0 Å². The van der Waals surface area contributed by atoms with Crippen LogP contribution in [-0.4, -0.2) is 54.6 Å². The highest BCUT2D eigenvalue weighted by atomic mass is 16.7. The number of tetrazole rings is 1. The number of hydrogen-bond donors (Lipinski definition) is 1. The zero-order valence-electron chi connectivity index (χ0n) is 22.1. The quantitative estimate of drug-likeness (QED) is 0.190. The fraction of sp³-hybridized carbons (Fsp3) is 0.481. The van der Waals surface area contributed by atoms with E-state index in [1.54, 1.807) is 14.2 Å². The molecule has 0 aliphatic rings. The summed E-state index contributed by atoms with van der Waals surface area (Å²) >= 11 is 0. The normalized spacial score (nSPS) is 11.8. The van der Waals surface area contributed by atoms with Gasteiger partial charge in [-0.05, 0) is 34.9 Å². The highest BCUT2D eigenvalue weighted by Gasteiger charge is 2.37. The van der Waals surface area contributed by atoms with Crippen molar-refractivity contribution in [3.8, 4) is 22.5 Å². The van der Waals surface area contributed by atoms with E-state index in [1.165, 1.54) is 0 Å². The molecule has 0 amide bonds. The van der Waals surface area contributed by atoms with Crippen molar-refractivity contribution in [2.45, 2.75) is 71.1 Å². The van der Waals surface area contributed by atoms with E-state index in [2.05, 4.69) is 40.5 Å². The summed E-state index contributed by atoms with van der Waals surface area (Å²) in [5.74, 6) is 1.10. The summed E-state index contributed by atoms with van der Waals surface area (Å²) in [6.07, 6.45) is 8.44. The van der Waals surface area contributed by atoms with Crippen molar-refractivity contribution in [2.75, 3.05) is 14.2 Å². The Labute approximate surface area is 217 Å². The van der Waals surface area contributed by atoms with E-state index >= 15 is 0 Å². The predicted octanol–water partition coefficient (Wildman–Crippen LogP) is 4.94. The van der Waals surface area contributed by atoms with Crippen LogP contribution in [0.2, 0.25) is 0 Å². The molecular formula is C27H36N8O2. The minimum absolute atomic E-state index is 0.560. The first kappa shape index (κ1) is 26.6. The second kappa shape index (κ2) is 12.6. The number of ether oxygens (including phenoxy) is 2. The van der Waals surface area contributed by atoms with Gasteiger partial charge in [0.1, 0.15) is 5.82 Å². The molecule has 0 radical (unpaired) electrons. The zero-order valence-corrected chi connectivity index (χ0v) is 22.1. The van der Waals surface area contributed by atoms with Crippen LogP contribution >= 0.6 is 0 Å². The summed E-state index contributed by atoms with van der Waals surface area (Å²) in [5, 5.41) is 19.2. The number of aryl methyl sites for hydroxylation is 1. The van der Waals surface area contributed by atoms with Crippen LogP contribution in [0.15, 0.2) is 42.6 Å². The molecule has 0 fully saturated rings. The van der Waals surface area contributed by atoms with E-state index in [0.29, 0.717) is 24.5 Å². The van der Waals surface area contributed by atoms with Crippen LogP contribution in [0.3, 0.4) is 0 Å². The van der Waals surface area contributed by atoms with Crippen LogP contribution < -0.4 is 0 Å². The van der Waals surface area contributed by atoms with Gasteiger partial charge < -0.3 is 9.47 Å². The van der Waals surface area contributed by atoms with Gasteiger partial charge in [-0.15, -0.1) is 5.10 Å². The molecule has 196 valence electrons. The number of methoxy groups -OCH3 is 2. The van der Waals surface area contributed by atoms with Crippen molar-refractivity contribution in [3.63, 3.8) is 0 Å². The first-order valence-corrected chi connectivity index (χ1v) is 13.0. The number of nitrogens with one attached hydrogen (secondary N) is 1. The summed E-state index contributed by atoms with van der Waals surface area (Å²) in [4.78, 5) is 9.68. The SMILES string of the molecule is CCCCCn1nc(C(CCCC)(OC)OC)nc1Cc1ccc(-c2ccccc2-c2nnn[nH]2)cn1. The van der Waals surface area contributed by atoms with E-state index in [-0.39, 0.29) is 0 Å². The summed E-state index contributed by atoms with van der Waals surface area (Å²) in [6, 6.07) is 12.1. The van der Waals surface area contributed by atoms with Gasteiger partial charge in [-0.3, -0.25) is 4.98 Å². The van der Waals surface area contributed by atoms with Crippen LogP contribution in [0.5, 0.6) is 0 Å². The molecule has 0 aliphatic heterocycles. The van der Waals surface area contributed by atoms with E-state index in [4.69, 9.17) is 24.5 Å². The molecule has 0 aliphatic carbocycles. The van der Waals surface area contributed by atoms with Crippen LogP contribution in [-0.2, 0) is 28.2 Å². The van der Waals surface area contributed by atoms with Crippen LogP contribution in [0, 0.1) is 0 Å². The van der Waals surface area contributed by atoms with Crippen molar-refractivity contribution in [3.05, 3.63) is 59.9 Å². The first-order chi connectivity index (χ1) is 18.1. The van der Waals surface area contributed by atoms with Crippen molar-refractivity contribution >= 4 is 0 Å². The molecule has 37 heavy (non-hydrogen) atoms. The van der Waals surface area contributed by atoms with Gasteiger partial charge in [0.15, 0.2) is 5.82 Å². The van der Waals surface area contributed by atoms with Gasteiger partial charge in [0.05, 0.1) is 0 Å². The first-order valence-electron chi connectivity index (χ1n) is 13.0. The molecule has 0 unspecified atom stereocenters. The second-order valence-electron chi connectivity index (χ2n) is 9.06. The molecular weight excluding hydrogens is 468 g/mol. The van der Waals surface area contributed by atoms with Gasteiger partial charge in [-0.25, -0.2) is 14.8 Å². The third-order valence-corrected chi connectivity index (χ3v) is 6.58. The fourth-order valence-corrected chi connectivity index (χ4v) is 4.41. The topological polar surface area (TPSA) is 117 Å². The van der Waals surface area contributed by atoms with Crippen molar-refractivity contribution in [1.82, 2.24) is 40.4 Å². The lowest BCUT2D eigenvalue weighted by atomic mass is 10.0. The number of aromatic nitrogens is 8. The standard InChI is InChI=1S/C27H36N8O2/c1-5-7-11-17-35-24(29-26(32-35)27(36-3,37-4)16-8-6-2)18-21-15-14-20(19-28-21)22-12-9-10-13-23(22)25-30-33-34-31-25/h9-10,12-15,19H,5-8,11,16-18H2,1-4H3,(H,30,31,33,34). The third kappa shape index (κ3) is 6.08. The van der Waals surface area contributed by atoms with E-state index < -0.39 is 5.79 Å². The monoisotopic (exact) mass is 504 g/mol. The Morgan fingerprint density at radius 3 is 2.38 bits per heavy atom. The number of rotatable bonds is 14. The van der Waals surface area contributed by atoms with Gasteiger partial charge in [-0.2, -0.15) is 5.10 Å². The minimum atomic E-state index is -0.947. The Morgan fingerprint density at radius 2 is 1.73 bits per heavy atom. The van der Waals surface area contributed by atoms with Crippen LogP contribution in [0.1, 0.15) is 69.7 Å².